The third-order valence-electron chi connectivity index (χ3n) is 2.63. The molecule has 0 spiro atoms. The first-order valence-electron chi connectivity index (χ1n) is 5.13. The van der Waals surface area contributed by atoms with E-state index in [1.54, 1.807) is 49.3 Å². The van der Waals surface area contributed by atoms with E-state index in [-0.39, 0.29) is 0 Å². The molecule has 1 N–H and O–H groups in total. The van der Waals surface area contributed by atoms with E-state index in [0.717, 1.165) is 0 Å². The van der Waals surface area contributed by atoms with Gasteiger partial charge in [0.15, 0.2) is 0 Å². The van der Waals surface area contributed by atoms with Crippen LogP contribution in [0.3, 0.4) is 0 Å². The fraction of sp³-hybridized carbons (Fsp3) is 0.250. The van der Waals surface area contributed by atoms with Gasteiger partial charge in [0, 0.05) is 23.8 Å². The molecule has 0 amide bonds. The van der Waals surface area contributed by atoms with Gasteiger partial charge in [-0.2, -0.15) is 5.10 Å². The van der Waals surface area contributed by atoms with E-state index in [2.05, 4.69) is 5.10 Å². The van der Waals surface area contributed by atoms with Gasteiger partial charge in [-0.3, -0.25) is 4.68 Å². The number of nitrogens with zero attached hydrogens (tertiary/aromatic N) is 2. The molecule has 0 aliphatic rings. The van der Waals surface area contributed by atoms with E-state index in [1.165, 1.54) is 0 Å². The van der Waals surface area contributed by atoms with Gasteiger partial charge in [-0.1, -0.05) is 17.7 Å². The molecule has 1 atom stereocenters. The Labute approximate surface area is 104 Å². The van der Waals surface area contributed by atoms with Crippen LogP contribution in [0.5, 0.6) is 5.75 Å². The van der Waals surface area contributed by atoms with E-state index in [0.29, 0.717) is 22.0 Å². The second-order valence-corrected chi connectivity index (χ2v) is 4.10. The number of aliphatic hydroxyl groups is 1. The number of aryl methyl sites for hydroxylation is 1. The zero-order valence-electron chi connectivity index (χ0n) is 9.59. The summed E-state index contributed by atoms with van der Waals surface area (Å²) in [5.41, 5.74) is 1.37. The van der Waals surface area contributed by atoms with Gasteiger partial charge in [0.2, 0.25) is 0 Å². The largest absolute Gasteiger partial charge is 0.496 e. The van der Waals surface area contributed by atoms with Crippen LogP contribution in [0.2, 0.25) is 5.02 Å². The van der Waals surface area contributed by atoms with Crippen LogP contribution in [-0.4, -0.2) is 22.0 Å². The van der Waals surface area contributed by atoms with Crippen LogP contribution in [0, 0.1) is 0 Å². The van der Waals surface area contributed by atoms with Gasteiger partial charge in [0.25, 0.3) is 0 Å². The minimum absolute atomic E-state index is 0.561. The summed E-state index contributed by atoms with van der Waals surface area (Å²) in [6, 6.07) is 6.91. The molecule has 1 aromatic carbocycles. The predicted molar refractivity (Wildman–Crippen MR) is 65.3 cm³/mol. The van der Waals surface area contributed by atoms with Crippen molar-refractivity contribution in [1.29, 1.82) is 0 Å². The molecule has 0 fully saturated rings. The minimum atomic E-state index is -0.783. The lowest BCUT2D eigenvalue weighted by Gasteiger charge is -2.15. The van der Waals surface area contributed by atoms with Crippen molar-refractivity contribution in [2.75, 3.05) is 7.11 Å². The summed E-state index contributed by atoms with van der Waals surface area (Å²) < 4.78 is 6.83. The van der Waals surface area contributed by atoms with E-state index >= 15 is 0 Å². The van der Waals surface area contributed by atoms with Gasteiger partial charge in [-0.15, -0.1) is 0 Å². The number of benzene rings is 1. The van der Waals surface area contributed by atoms with Gasteiger partial charge >= 0.3 is 0 Å². The highest BCUT2D eigenvalue weighted by Crippen LogP contribution is 2.31. The van der Waals surface area contributed by atoms with E-state index < -0.39 is 6.10 Å². The summed E-state index contributed by atoms with van der Waals surface area (Å²) in [5.74, 6) is 0.561. The quantitative estimate of drug-likeness (QED) is 0.911. The molecule has 0 radical (unpaired) electrons. The molecule has 1 heterocycles. The van der Waals surface area contributed by atoms with E-state index in [4.69, 9.17) is 16.3 Å². The lowest BCUT2D eigenvalue weighted by molar-refractivity contribution is 0.204. The monoisotopic (exact) mass is 252 g/mol. The standard InChI is InChI=1S/C12H13ClN2O2/c1-15-10(5-6-14-15)12(16)9-4-3-8(13)7-11(9)17-2/h3-7,12,16H,1-2H3. The maximum atomic E-state index is 10.3. The number of rotatable bonds is 3. The molecule has 1 aromatic heterocycles. The van der Waals surface area contributed by atoms with E-state index in [9.17, 15) is 5.11 Å². The Kier molecular flexibility index (Phi) is 3.36. The van der Waals surface area contributed by atoms with Gasteiger partial charge in [-0.05, 0) is 18.2 Å². The van der Waals surface area contributed by atoms with Crippen LogP contribution in [0.15, 0.2) is 30.5 Å². The van der Waals surface area contributed by atoms with Gasteiger partial charge in [0.05, 0.1) is 12.8 Å². The summed E-state index contributed by atoms with van der Waals surface area (Å²) in [5, 5.41) is 14.9. The Morgan fingerprint density at radius 3 is 2.76 bits per heavy atom. The molecule has 0 aliphatic heterocycles. The lowest BCUT2D eigenvalue weighted by atomic mass is 10.1. The fourth-order valence-corrected chi connectivity index (χ4v) is 1.88. The molecule has 4 nitrogen and oxygen atoms in total. The van der Waals surface area contributed by atoms with Crippen molar-refractivity contribution in [2.45, 2.75) is 6.10 Å². The highest BCUT2D eigenvalue weighted by molar-refractivity contribution is 6.30. The normalized spacial score (nSPS) is 12.5. The number of methoxy groups -OCH3 is 1. The predicted octanol–water partition coefficient (Wildman–Crippen LogP) is 2.16. The topological polar surface area (TPSA) is 47.3 Å². The Hall–Kier alpha value is -1.52. The Bertz CT molecular complexity index is 525. The van der Waals surface area contributed by atoms with E-state index in [1.807, 2.05) is 0 Å². The summed E-state index contributed by atoms with van der Waals surface area (Å²) in [6.07, 6.45) is 0.857. The van der Waals surface area contributed by atoms with Crippen LogP contribution < -0.4 is 4.74 Å². The Morgan fingerprint density at radius 2 is 2.18 bits per heavy atom. The van der Waals surface area contributed by atoms with Crippen molar-refractivity contribution in [3.63, 3.8) is 0 Å². The van der Waals surface area contributed by atoms with Crippen molar-refractivity contribution in [2.24, 2.45) is 7.05 Å². The van der Waals surface area contributed by atoms with Crippen molar-refractivity contribution in [1.82, 2.24) is 9.78 Å². The number of hydrogen-bond acceptors (Lipinski definition) is 3. The first-order chi connectivity index (χ1) is 8.13. The third kappa shape index (κ3) is 2.28. The highest BCUT2D eigenvalue weighted by atomic mass is 35.5. The number of aromatic nitrogens is 2. The summed E-state index contributed by atoms with van der Waals surface area (Å²) in [4.78, 5) is 0. The zero-order chi connectivity index (χ0) is 12.4. The van der Waals surface area contributed by atoms with Crippen LogP contribution in [0.1, 0.15) is 17.4 Å². The Morgan fingerprint density at radius 1 is 1.41 bits per heavy atom. The average molecular weight is 253 g/mol. The fourth-order valence-electron chi connectivity index (χ4n) is 1.72. The highest BCUT2D eigenvalue weighted by Gasteiger charge is 2.18. The number of aliphatic hydroxyl groups excluding tert-OH is 1. The lowest BCUT2D eigenvalue weighted by Crippen LogP contribution is -2.07. The third-order valence-corrected chi connectivity index (χ3v) is 2.86. The van der Waals surface area contributed by atoms with Crippen LogP contribution in [0.25, 0.3) is 0 Å². The zero-order valence-corrected chi connectivity index (χ0v) is 10.3. The maximum absolute atomic E-state index is 10.3. The molecular weight excluding hydrogens is 240 g/mol. The van der Waals surface area contributed by atoms with Crippen LogP contribution in [-0.2, 0) is 7.05 Å². The summed E-state index contributed by atoms with van der Waals surface area (Å²) in [7, 11) is 3.33. The molecular formula is C12H13ClN2O2. The first-order valence-corrected chi connectivity index (χ1v) is 5.50. The molecule has 1 unspecified atom stereocenters. The number of halogens is 1. The minimum Gasteiger partial charge on any atom is -0.496 e. The molecule has 90 valence electrons. The first kappa shape index (κ1) is 12.0. The van der Waals surface area contributed by atoms with Crippen LogP contribution >= 0.6 is 11.6 Å². The molecule has 0 saturated carbocycles. The second-order valence-electron chi connectivity index (χ2n) is 3.67. The SMILES string of the molecule is COc1cc(Cl)ccc1C(O)c1ccnn1C. The molecule has 2 rings (SSSR count). The maximum Gasteiger partial charge on any atom is 0.126 e. The average Bonchev–Trinajstić information content (AvgIpc) is 2.74. The van der Waals surface area contributed by atoms with Crippen molar-refractivity contribution in [3.8, 4) is 5.75 Å². The molecule has 0 aliphatic carbocycles. The number of hydrogen-bond donors (Lipinski definition) is 1. The Balaban J connectivity index is 2.44. The van der Waals surface area contributed by atoms with Crippen LogP contribution in [0.4, 0.5) is 0 Å². The molecule has 5 heteroatoms. The van der Waals surface area contributed by atoms with Crippen molar-refractivity contribution >= 4 is 11.6 Å². The van der Waals surface area contributed by atoms with Crippen molar-refractivity contribution < 1.29 is 9.84 Å². The van der Waals surface area contributed by atoms with Gasteiger partial charge < -0.3 is 9.84 Å². The molecule has 2 aromatic rings. The second kappa shape index (κ2) is 4.77. The summed E-state index contributed by atoms with van der Waals surface area (Å²) in [6.45, 7) is 0. The smallest absolute Gasteiger partial charge is 0.126 e. The molecule has 17 heavy (non-hydrogen) atoms. The van der Waals surface area contributed by atoms with Gasteiger partial charge in [0.1, 0.15) is 11.9 Å². The van der Waals surface area contributed by atoms with Crippen molar-refractivity contribution in [3.05, 3.63) is 46.7 Å². The molecule has 0 saturated heterocycles. The van der Waals surface area contributed by atoms with Gasteiger partial charge in [-0.25, -0.2) is 0 Å². The molecule has 0 bridgehead atoms. The number of ether oxygens (including phenoxy) is 1. The summed E-state index contributed by atoms with van der Waals surface area (Å²) >= 11 is 5.88.